The lowest BCUT2D eigenvalue weighted by Crippen LogP contribution is -2.52. The molecule has 1 N–H and O–H groups in total. The second-order valence-electron chi connectivity index (χ2n) is 8.64. The molecule has 6 heteroatoms. The average Bonchev–Trinajstić information content (AvgIpc) is 3.25. The van der Waals surface area contributed by atoms with E-state index < -0.39 is 0 Å². The first-order valence-corrected chi connectivity index (χ1v) is 10.7. The number of carbonyl (C=O) groups excluding carboxylic acids is 1. The van der Waals surface area contributed by atoms with Crippen LogP contribution < -0.4 is 4.90 Å². The van der Waals surface area contributed by atoms with Gasteiger partial charge in [-0.1, -0.05) is 12.8 Å². The van der Waals surface area contributed by atoms with E-state index in [1.54, 1.807) is 0 Å². The van der Waals surface area contributed by atoms with Gasteiger partial charge in [0.1, 0.15) is 0 Å². The van der Waals surface area contributed by atoms with E-state index in [0.29, 0.717) is 25.3 Å². The summed E-state index contributed by atoms with van der Waals surface area (Å²) in [4.78, 5) is 26.0. The van der Waals surface area contributed by atoms with Crippen molar-refractivity contribution >= 4 is 11.9 Å². The molecule has 3 heterocycles. The number of aliphatic hydroxyl groups is 1. The fraction of sp³-hybridized carbons (Fsp3) is 0.762. The van der Waals surface area contributed by atoms with E-state index in [1.807, 2.05) is 11.1 Å². The van der Waals surface area contributed by atoms with Gasteiger partial charge in [-0.2, -0.15) is 0 Å². The Balaban J connectivity index is 1.38. The van der Waals surface area contributed by atoms with Crippen molar-refractivity contribution in [1.82, 2.24) is 14.9 Å². The minimum Gasteiger partial charge on any atom is -0.396 e. The third kappa shape index (κ3) is 4.10. The first kappa shape index (κ1) is 18.7. The predicted molar refractivity (Wildman–Crippen MR) is 105 cm³/mol. The predicted octanol–water partition coefficient (Wildman–Crippen LogP) is 2.73. The highest BCUT2D eigenvalue weighted by atomic mass is 16.3. The first-order valence-electron chi connectivity index (χ1n) is 10.7. The Morgan fingerprint density at radius 1 is 1.19 bits per heavy atom. The maximum absolute atomic E-state index is 12.2. The Labute approximate surface area is 162 Å². The van der Waals surface area contributed by atoms with E-state index in [1.165, 1.54) is 31.4 Å². The van der Waals surface area contributed by atoms with Crippen molar-refractivity contribution in [3.63, 3.8) is 0 Å². The van der Waals surface area contributed by atoms with Crippen LogP contribution in [0, 0.1) is 5.41 Å². The molecule has 0 bridgehead atoms. The quantitative estimate of drug-likeness (QED) is 0.861. The van der Waals surface area contributed by atoms with Crippen molar-refractivity contribution in [1.29, 1.82) is 0 Å². The summed E-state index contributed by atoms with van der Waals surface area (Å²) in [5, 5.41) is 9.09. The number of hydrogen-bond donors (Lipinski definition) is 1. The summed E-state index contributed by atoms with van der Waals surface area (Å²) in [7, 11) is 0. The summed E-state index contributed by atoms with van der Waals surface area (Å²) >= 11 is 0. The van der Waals surface area contributed by atoms with Crippen LogP contribution in [0.25, 0.3) is 0 Å². The smallest absolute Gasteiger partial charge is 0.225 e. The Kier molecular flexibility index (Phi) is 5.62. The molecule has 0 radical (unpaired) electrons. The number of piperidine rings is 2. The van der Waals surface area contributed by atoms with Gasteiger partial charge in [-0.25, -0.2) is 9.97 Å². The first-order chi connectivity index (χ1) is 13.2. The molecule has 0 unspecified atom stereocenters. The van der Waals surface area contributed by atoms with Gasteiger partial charge in [-0.3, -0.25) is 4.79 Å². The lowest BCUT2D eigenvalue weighted by atomic mass is 9.72. The van der Waals surface area contributed by atoms with Crippen molar-refractivity contribution in [3.8, 4) is 0 Å². The molecule has 1 aromatic rings. The largest absolute Gasteiger partial charge is 0.396 e. The third-order valence-electron chi connectivity index (χ3n) is 6.88. The van der Waals surface area contributed by atoms with Crippen molar-refractivity contribution in [2.24, 2.45) is 5.41 Å². The fourth-order valence-electron chi connectivity index (χ4n) is 5.12. The average molecular weight is 373 g/mol. The topological polar surface area (TPSA) is 69.6 Å². The fourth-order valence-corrected chi connectivity index (χ4v) is 5.12. The molecule has 1 spiro atoms. The molecule has 1 amide bonds. The lowest BCUT2D eigenvalue weighted by Gasteiger charge is -2.47. The van der Waals surface area contributed by atoms with Crippen molar-refractivity contribution < 1.29 is 9.90 Å². The minimum atomic E-state index is 0.152. The molecule has 3 aliphatic rings. The summed E-state index contributed by atoms with van der Waals surface area (Å²) in [5.41, 5.74) is 1.46. The van der Waals surface area contributed by atoms with Gasteiger partial charge in [0.05, 0.1) is 0 Å². The van der Waals surface area contributed by atoms with Crippen LogP contribution in [-0.2, 0) is 4.79 Å². The van der Waals surface area contributed by atoms with Crippen LogP contribution in [0.1, 0.15) is 69.4 Å². The van der Waals surface area contributed by atoms with Crippen LogP contribution in [0.3, 0.4) is 0 Å². The molecule has 148 valence electrons. The van der Waals surface area contributed by atoms with Gasteiger partial charge >= 0.3 is 0 Å². The number of nitrogens with zero attached hydrogens (tertiary/aromatic N) is 4. The Bertz CT molecular complexity index is 651. The number of rotatable bonds is 5. The van der Waals surface area contributed by atoms with Crippen LogP contribution in [0.2, 0.25) is 0 Å². The van der Waals surface area contributed by atoms with Crippen LogP contribution in [0.4, 0.5) is 5.95 Å². The SMILES string of the molecule is O=C1CCC2(CCN(c3nccc(C4CCCC4)n3)CC2)CN1CCCO. The van der Waals surface area contributed by atoms with E-state index in [9.17, 15) is 4.79 Å². The second-order valence-corrected chi connectivity index (χ2v) is 8.64. The molecule has 0 aromatic carbocycles. The molecule has 3 fully saturated rings. The van der Waals surface area contributed by atoms with Gasteiger partial charge < -0.3 is 14.9 Å². The molecule has 1 saturated carbocycles. The molecule has 1 aromatic heterocycles. The Morgan fingerprint density at radius 3 is 2.70 bits per heavy atom. The molecular formula is C21H32N4O2. The zero-order chi connectivity index (χ0) is 18.7. The summed E-state index contributed by atoms with van der Waals surface area (Å²) in [6, 6.07) is 2.09. The number of aromatic nitrogens is 2. The van der Waals surface area contributed by atoms with E-state index in [2.05, 4.69) is 16.0 Å². The number of amides is 1. The van der Waals surface area contributed by atoms with Crippen LogP contribution in [-0.4, -0.2) is 58.7 Å². The molecule has 1 aliphatic carbocycles. The van der Waals surface area contributed by atoms with Gasteiger partial charge in [0, 0.05) is 57.0 Å². The minimum absolute atomic E-state index is 0.152. The zero-order valence-corrected chi connectivity index (χ0v) is 16.3. The highest BCUT2D eigenvalue weighted by molar-refractivity contribution is 5.77. The normalized spacial score (nSPS) is 23.4. The number of likely N-dealkylation sites (tertiary alicyclic amines) is 1. The van der Waals surface area contributed by atoms with Gasteiger partial charge in [0.15, 0.2) is 0 Å². The van der Waals surface area contributed by atoms with Gasteiger partial charge in [-0.05, 0) is 50.0 Å². The van der Waals surface area contributed by atoms with E-state index in [0.717, 1.165) is 44.8 Å². The van der Waals surface area contributed by atoms with Gasteiger partial charge in [-0.15, -0.1) is 0 Å². The molecule has 6 nitrogen and oxygen atoms in total. The number of aliphatic hydroxyl groups excluding tert-OH is 1. The molecule has 4 rings (SSSR count). The molecule has 2 saturated heterocycles. The lowest BCUT2D eigenvalue weighted by molar-refractivity contribution is -0.138. The molecule has 2 aliphatic heterocycles. The molecule has 0 atom stereocenters. The highest BCUT2D eigenvalue weighted by Crippen LogP contribution is 2.41. The maximum Gasteiger partial charge on any atom is 0.225 e. The van der Waals surface area contributed by atoms with E-state index in [-0.39, 0.29) is 17.9 Å². The van der Waals surface area contributed by atoms with Crippen LogP contribution >= 0.6 is 0 Å². The van der Waals surface area contributed by atoms with Crippen molar-refractivity contribution in [2.75, 3.05) is 37.7 Å². The molecule has 27 heavy (non-hydrogen) atoms. The highest BCUT2D eigenvalue weighted by Gasteiger charge is 2.41. The number of hydrogen-bond acceptors (Lipinski definition) is 5. The van der Waals surface area contributed by atoms with Crippen LogP contribution in [0.5, 0.6) is 0 Å². The third-order valence-corrected chi connectivity index (χ3v) is 6.88. The zero-order valence-electron chi connectivity index (χ0n) is 16.3. The standard InChI is InChI=1S/C21H32N4O2/c26-15-3-12-25-16-21(8-6-19(25)27)9-13-24(14-10-21)20-22-11-7-18(23-20)17-4-1-2-5-17/h7,11,17,26H,1-6,8-10,12-16H2. The van der Waals surface area contributed by atoms with Gasteiger partial charge in [0.2, 0.25) is 11.9 Å². The van der Waals surface area contributed by atoms with Crippen LogP contribution in [0.15, 0.2) is 12.3 Å². The summed E-state index contributed by atoms with van der Waals surface area (Å²) in [6.45, 7) is 3.63. The monoisotopic (exact) mass is 372 g/mol. The molecular weight excluding hydrogens is 340 g/mol. The summed E-state index contributed by atoms with van der Waals surface area (Å²) < 4.78 is 0. The Morgan fingerprint density at radius 2 is 1.96 bits per heavy atom. The summed E-state index contributed by atoms with van der Waals surface area (Å²) in [5.74, 6) is 1.76. The maximum atomic E-state index is 12.2. The van der Waals surface area contributed by atoms with Crippen molar-refractivity contribution in [2.45, 2.75) is 63.7 Å². The number of carbonyl (C=O) groups is 1. The number of anilines is 1. The van der Waals surface area contributed by atoms with Gasteiger partial charge in [0.25, 0.3) is 0 Å². The van der Waals surface area contributed by atoms with E-state index >= 15 is 0 Å². The summed E-state index contributed by atoms with van der Waals surface area (Å²) in [6.07, 6.45) is 11.6. The van der Waals surface area contributed by atoms with Crippen molar-refractivity contribution in [3.05, 3.63) is 18.0 Å². The Hall–Kier alpha value is -1.69. The second kappa shape index (κ2) is 8.13. The van der Waals surface area contributed by atoms with E-state index in [4.69, 9.17) is 10.1 Å².